The van der Waals surface area contributed by atoms with E-state index in [2.05, 4.69) is 5.32 Å². The quantitative estimate of drug-likeness (QED) is 0.879. The van der Waals surface area contributed by atoms with Gasteiger partial charge in [0.15, 0.2) is 6.10 Å². The molecule has 4 heteroatoms. The number of nitrogens with one attached hydrogen (secondary N) is 1. The van der Waals surface area contributed by atoms with E-state index in [1.165, 1.54) is 0 Å². The monoisotopic (exact) mass is 297 g/mol. The Bertz CT molecular complexity index is 694. The first-order valence-electron chi connectivity index (χ1n) is 7.11. The third-order valence-corrected chi connectivity index (χ3v) is 3.30. The summed E-state index contributed by atoms with van der Waals surface area (Å²) in [5, 5.41) is 2.74. The number of amides is 1. The van der Waals surface area contributed by atoms with Gasteiger partial charge in [-0.05, 0) is 50.1 Å². The van der Waals surface area contributed by atoms with E-state index in [9.17, 15) is 9.59 Å². The van der Waals surface area contributed by atoms with Gasteiger partial charge in [-0.15, -0.1) is 0 Å². The Morgan fingerprint density at radius 1 is 1.05 bits per heavy atom. The molecule has 0 saturated heterocycles. The van der Waals surface area contributed by atoms with Gasteiger partial charge in [-0.1, -0.05) is 30.3 Å². The van der Waals surface area contributed by atoms with Crippen molar-refractivity contribution in [3.05, 3.63) is 65.2 Å². The van der Waals surface area contributed by atoms with Crippen molar-refractivity contribution in [1.82, 2.24) is 0 Å². The fraction of sp³-hybridized carbons (Fsp3) is 0.222. The van der Waals surface area contributed by atoms with Crippen molar-refractivity contribution < 1.29 is 14.3 Å². The van der Waals surface area contributed by atoms with Gasteiger partial charge in [0, 0.05) is 5.69 Å². The van der Waals surface area contributed by atoms with Crippen molar-refractivity contribution in [2.45, 2.75) is 26.9 Å². The van der Waals surface area contributed by atoms with Gasteiger partial charge in [-0.3, -0.25) is 4.79 Å². The van der Waals surface area contributed by atoms with Crippen LogP contribution in [-0.2, 0) is 9.53 Å². The van der Waals surface area contributed by atoms with Gasteiger partial charge in [0.05, 0.1) is 5.56 Å². The maximum Gasteiger partial charge on any atom is 0.339 e. The smallest absolute Gasteiger partial charge is 0.339 e. The number of anilines is 1. The zero-order chi connectivity index (χ0) is 16.1. The Kier molecular flexibility index (Phi) is 4.94. The average molecular weight is 297 g/mol. The number of carbonyl (C=O) groups excluding carboxylic acids is 2. The predicted molar refractivity (Wildman–Crippen MR) is 85.9 cm³/mol. The molecule has 1 atom stereocenters. The van der Waals surface area contributed by atoms with E-state index in [1.807, 2.05) is 44.2 Å². The molecule has 0 heterocycles. The fourth-order valence-corrected chi connectivity index (χ4v) is 2.05. The Morgan fingerprint density at radius 2 is 1.77 bits per heavy atom. The van der Waals surface area contributed by atoms with Crippen LogP contribution in [0.5, 0.6) is 0 Å². The lowest BCUT2D eigenvalue weighted by atomic mass is 10.1. The summed E-state index contributed by atoms with van der Waals surface area (Å²) in [6.07, 6.45) is -0.868. The van der Waals surface area contributed by atoms with Crippen LogP contribution >= 0.6 is 0 Å². The van der Waals surface area contributed by atoms with E-state index in [1.54, 1.807) is 25.1 Å². The molecule has 0 aliphatic heterocycles. The van der Waals surface area contributed by atoms with Gasteiger partial charge in [0.2, 0.25) is 0 Å². The molecule has 22 heavy (non-hydrogen) atoms. The standard InChI is InChI=1S/C18H19NO3/c1-12-7-6-9-15(11-12)19-17(20)14(3)22-18(21)16-10-5-4-8-13(16)2/h4-11,14H,1-3H3,(H,19,20)/t14-/m1/s1. The molecular formula is C18H19NO3. The molecule has 2 rings (SSSR count). The molecule has 0 radical (unpaired) electrons. The van der Waals surface area contributed by atoms with E-state index < -0.39 is 12.1 Å². The predicted octanol–water partition coefficient (Wildman–Crippen LogP) is 3.49. The van der Waals surface area contributed by atoms with Gasteiger partial charge >= 0.3 is 5.97 Å². The molecule has 4 nitrogen and oxygen atoms in total. The second kappa shape index (κ2) is 6.89. The molecule has 0 saturated carbocycles. The Balaban J connectivity index is 1.99. The van der Waals surface area contributed by atoms with Gasteiger partial charge in [-0.2, -0.15) is 0 Å². The van der Waals surface area contributed by atoms with Crippen molar-refractivity contribution >= 4 is 17.6 Å². The van der Waals surface area contributed by atoms with Crippen LogP contribution < -0.4 is 5.32 Å². The van der Waals surface area contributed by atoms with Crippen LogP contribution in [0.2, 0.25) is 0 Å². The Hall–Kier alpha value is -2.62. The van der Waals surface area contributed by atoms with Crippen molar-refractivity contribution in [2.24, 2.45) is 0 Å². The van der Waals surface area contributed by atoms with Crippen LogP contribution in [0.3, 0.4) is 0 Å². The van der Waals surface area contributed by atoms with Gasteiger partial charge in [0.25, 0.3) is 5.91 Å². The first-order valence-corrected chi connectivity index (χ1v) is 7.11. The highest BCUT2D eigenvalue weighted by Crippen LogP contribution is 2.13. The van der Waals surface area contributed by atoms with Crippen molar-refractivity contribution in [1.29, 1.82) is 0 Å². The molecule has 1 amide bonds. The van der Waals surface area contributed by atoms with Crippen molar-refractivity contribution in [2.75, 3.05) is 5.32 Å². The van der Waals surface area contributed by atoms with Crippen LogP contribution in [0.4, 0.5) is 5.69 Å². The SMILES string of the molecule is Cc1cccc(NC(=O)[C@@H](C)OC(=O)c2ccccc2C)c1. The van der Waals surface area contributed by atoms with Crippen molar-refractivity contribution in [3.63, 3.8) is 0 Å². The van der Waals surface area contributed by atoms with Crippen molar-refractivity contribution in [3.8, 4) is 0 Å². The second-order valence-electron chi connectivity index (χ2n) is 5.22. The zero-order valence-corrected chi connectivity index (χ0v) is 12.9. The highest BCUT2D eigenvalue weighted by atomic mass is 16.5. The molecule has 0 bridgehead atoms. The molecule has 2 aromatic rings. The van der Waals surface area contributed by atoms with Crippen LogP contribution in [0.1, 0.15) is 28.4 Å². The largest absolute Gasteiger partial charge is 0.449 e. The average Bonchev–Trinajstić information content (AvgIpc) is 2.47. The molecular weight excluding hydrogens is 278 g/mol. The number of ether oxygens (including phenoxy) is 1. The molecule has 1 N–H and O–H groups in total. The maximum absolute atomic E-state index is 12.1. The molecule has 0 fully saturated rings. The minimum atomic E-state index is -0.868. The van der Waals surface area contributed by atoms with Crippen LogP contribution in [0.15, 0.2) is 48.5 Å². The molecule has 0 unspecified atom stereocenters. The third-order valence-electron chi connectivity index (χ3n) is 3.30. The minimum absolute atomic E-state index is 0.354. The second-order valence-corrected chi connectivity index (χ2v) is 5.22. The van der Waals surface area contributed by atoms with E-state index >= 15 is 0 Å². The summed E-state index contributed by atoms with van der Waals surface area (Å²) in [7, 11) is 0. The normalized spacial score (nSPS) is 11.6. The zero-order valence-electron chi connectivity index (χ0n) is 12.9. The lowest BCUT2D eigenvalue weighted by Gasteiger charge is -2.14. The lowest BCUT2D eigenvalue weighted by Crippen LogP contribution is -2.30. The third kappa shape index (κ3) is 3.95. The number of hydrogen-bond donors (Lipinski definition) is 1. The summed E-state index contributed by atoms with van der Waals surface area (Å²) in [6.45, 7) is 5.33. The summed E-state index contributed by atoms with van der Waals surface area (Å²) < 4.78 is 5.23. The lowest BCUT2D eigenvalue weighted by molar-refractivity contribution is -0.123. The molecule has 2 aromatic carbocycles. The summed E-state index contributed by atoms with van der Waals surface area (Å²) in [6, 6.07) is 14.6. The summed E-state index contributed by atoms with van der Waals surface area (Å²) in [4.78, 5) is 24.2. The number of aryl methyl sites for hydroxylation is 2. The van der Waals surface area contributed by atoms with E-state index in [0.717, 1.165) is 11.1 Å². The van der Waals surface area contributed by atoms with Gasteiger partial charge in [-0.25, -0.2) is 4.79 Å². The highest BCUT2D eigenvalue weighted by molar-refractivity contribution is 5.97. The first-order chi connectivity index (χ1) is 10.5. The first kappa shape index (κ1) is 15.8. The van der Waals surface area contributed by atoms with Crippen LogP contribution in [0.25, 0.3) is 0 Å². The topological polar surface area (TPSA) is 55.4 Å². The number of benzene rings is 2. The van der Waals surface area contributed by atoms with Gasteiger partial charge < -0.3 is 10.1 Å². The van der Waals surface area contributed by atoms with Crippen LogP contribution in [0, 0.1) is 13.8 Å². The fourth-order valence-electron chi connectivity index (χ4n) is 2.05. The summed E-state index contributed by atoms with van der Waals surface area (Å²) in [5.74, 6) is -0.850. The van der Waals surface area contributed by atoms with E-state index in [0.29, 0.717) is 11.3 Å². The summed E-state index contributed by atoms with van der Waals surface area (Å²) in [5.41, 5.74) is 3.02. The number of rotatable bonds is 4. The molecule has 114 valence electrons. The highest BCUT2D eigenvalue weighted by Gasteiger charge is 2.19. The van der Waals surface area contributed by atoms with Gasteiger partial charge in [0.1, 0.15) is 0 Å². The molecule has 0 spiro atoms. The minimum Gasteiger partial charge on any atom is -0.449 e. The summed E-state index contributed by atoms with van der Waals surface area (Å²) >= 11 is 0. The maximum atomic E-state index is 12.1. The number of carbonyl (C=O) groups is 2. The Morgan fingerprint density at radius 3 is 2.45 bits per heavy atom. The number of hydrogen-bond acceptors (Lipinski definition) is 3. The van der Waals surface area contributed by atoms with Crippen LogP contribution in [-0.4, -0.2) is 18.0 Å². The molecule has 0 aliphatic carbocycles. The Labute approximate surface area is 130 Å². The number of esters is 1. The molecule has 0 aliphatic rings. The molecule has 0 aromatic heterocycles. The van der Waals surface area contributed by atoms with E-state index in [-0.39, 0.29) is 5.91 Å². The van der Waals surface area contributed by atoms with E-state index in [4.69, 9.17) is 4.74 Å².